The van der Waals surface area contributed by atoms with E-state index in [-0.39, 0.29) is 0 Å². The zero-order valence-corrected chi connectivity index (χ0v) is 12.8. The Morgan fingerprint density at radius 2 is 1.85 bits per heavy atom. The average molecular weight is 275 g/mol. The molecule has 1 aliphatic heterocycles. The molecular weight excluding hydrogens is 246 g/mol. The number of nitrogens with one attached hydrogen (secondary N) is 1. The van der Waals surface area contributed by atoms with Crippen LogP contribution in [0.25, 0.3) is 0 Å². The van der Waals surface area contributed by atoms with Crippen molar-refractivity contribution >= 4 is 0 Å². The van der Waals surface area contributed by atoms with Gasteiger partial charge in [-0.1, -0.05) is 6.92 Å². The molecule has 0 aromatic carbocycles. The molecule has 0 aromatic heterocycles. The Bertz CT molecular complexity index is 361. The molecule has 5 rings (SSSR count). The van der Waals surface area contributed by atoms with Crippen molar-refractivity contribution in [3.05, 3.63) is 11.8 Å². The SMILES string of the molecule is CCNC(C1=COCCC1)C1C2CC3CC(C2)CC1C3. The van der Waals surface area contributed by atoms with E-state index in [0.29, 0.717) is 6.04 Å². The maximum absolute atomic E-state index is 5.65. The number of ether oxygens (including phenoxy) is 1. The summed E-state index contributed by atoms with van der Waals surface area (Å²) in [6.45, 7) is 4.27. The highest BCUT2D eigenvalue weighted by atomic mass is 16.5. The van der Waals surface area contributed by atoms with Crippen molar-refractivity contribution in [3.8, 4) is 0 Å². The summed E-state index contributed by atoms with van der Waals surface area (Å²) < 4.78 is 5.65. The van der Waals surface area contributed by atoms with Crippen LogP contribution in [0.5, 0.6) is 0 Å². The van der Waals surface area contributed by atoms with Gasteiger partial charge in [-0.2, -0.15) is 0 Å². The van der Waals surface area contributed by atoms with Gasteiger partial charge in [-0.05, 0) is 86.7 Å². The summed E-state index contributed by atoms with van der Waals surface area (Å²) in [5.41, 5.74) is 1.57. The summed E-state index contributed by atoms with van der Waals surface area (Å²) in [5, 5.41) is 3.83. The molecule has 2 nitrogen and oxygen atoms in total. The van der Waals surface area contributed by atoms with Crippen molar-refractivity contribution in [1.82, 2.24) is 5.32 Å². The first-order chi connectivity index (χ1) is 9.85. The molecule has 1 atom stereocenters. The lowest BCUT2D eigenvalue weighted by atomic mass is 9.50. The predicted octanol–water partition coefficient (Wildman–Crippen LogP) is 3.73. The van der Waals surface area contributed by atoms with Crippen LogP contribution in [-0.2, 0) is 4.74 Å². The second-order valence-corrected chi connectivity index (χ2v) is 7.71. The van der Waals surface area contributed by atoms with Gasteiger partial charge in [0.15, 0.2) is 0 Å². The standard InChI is InChI=1S/C18H29NO/c1-2-19-18(14-4-3-5-20-11-14)17-15-7-12-6-13(9-15)10-16(17)8-12/h11-13,15-19H,2-10H2,1H3. The molecule has 4 fully saturated rings. The lowest BCUT2D eigenvalue weighted by Gasteiger charge is -2.57. The summed E-state index contributed by atoms with van der Waals surface area (Å²) in [6.07, 6.45) is 12.2. The first-order valence-corrected chi connectivity index (χ1v) is 8.89. The molecule has 1 unspecified atom stereocenters. The van der Waals surface area contributed by atoms with Gasteiger partial charge in [-0.25, -0.2) is 0 Å². The first kappa shape index (κ1) is 13.2. The van der Waals surface area contributed by atoms with E-state index in [9.17, 15) is 0 Å². The monoisotopic (exact) mass is 275 g/mol. The smallest absolute Gasteiger partial charge is 0.0876 e. The minimum atomic E-state index is 0.607. The van der Waals surface area contributed by atoms with E-state index in [1.165, 1.54) is 38.5 Å². The summed E-state index contributed by atoms with van der Waals surface area (Å²) >= 11 is 0. The second kappa shape index (κ2) is 5.36. The molecule has 0 spiro atoms. The minimum absolute atomic E-state index is 0.607. The van der Waals surface area contributed by atoms with Gasteiger partial charge in [0.05, 0.1) is 12.9 Å². The Balaban J connectivity index is 1.58. The quantitative estimate of drug-likeness (QED) is 0.844. The number of hydrogen-bond acceptors (Lipinski definition) is 2. The highest BCUT2D eigenvalue weighted by molar-refractivity contribution is 5.16. The zero-order valence-electron chi connectivity index (χ0n) is 12.8. The van der Waals surface area contributed by atoms with Crippen LogP contribution in [0.3, 0.4) is 0 Å². The summed E-state index contributed by atoms with van der Waals surface area (Å²) in [7, 11) is 0. The number of likely N-dealkylation sites (N-methyl/N-ethyl adjacent to an activating group) is 1. The molecule has 0 amide bonds. The van der Waals surface area contributed by atoms with E-state index in [2.05, 4.69) is 18.5 Å². The maximum Gasteiger partial charge on any atom is 0.0876 e. The molecule has 4 saturated carbocycles. The molecule has 5 aliphatic rings. The van der Waals surface area contributed by atoms with E-state index >= 15 is 0 Å². The second-order valence-electron chi connectivity index (χ2n) is 7.71. The molecule has 0 saturated heterocycles. The summed E-state index contributed by atoms with van der Waals surface area (Å²) in [4.78, 5) is 0. The first-order valence-electron chi connectivity index (χ1n) is 8.89. The van der Waals surface area contributed by atoms with Gasteiger partial charge in [-0.15, -0.1) is 0 Å². The lowest BCUT2D eigenvalue weighted by Crippen LogP contribution is -2.53. The molecule has 20 heavy (non-hydrogen) atoms. The third kappa shape index (κ3) is 2.20. The van der Waals surface area contributed by atoms with E-state index in [1.807, 2.05) is 0 Å². The van der Waals surface area contributed by atoms with Crippen molar-refractivity contribution in [2.45, 2.75) is 57.9 Å². The molecule has 1 N–H and O–H groups in total. The Hall–Kier alpha value is -0.500. The molecule has 0 radical (unpaired) electrons. The van der Waals surface area contributed by atoms with Crippen molar-refractivity contribution < 1.29 is 4.74 Å². The van der Waals surface area contributed by atoms with Crippen LogP contribution < -0.4 is 5.32 Å². The molecule has 1 heterocycles. The third-order valence-electron chi connectivity index (χ3n) is 6.47. The Kier molecular flexibility index (Phi) is 3.54. The van der Waals surface area contributed by atoms with Gasteiger partial charge in [0.1, 0.15) is 0 Å². The Morgan fingerprint density at radius 1 is 1.15 bits per heavy atom. The normalized spacial score (nSPS) is 44.0. The number of rotatable bonds is 4. The van der Waals surface area contributed by atoms with E-state index in [4.69, 9.17) is 4.74 Å². The van der Waals surface area contributed by atoms with Gasteiger partial charge >= 0.3 is 0 Å². The minimum Gasteiger partial charge on any atom is -0.501 e. The number of hydrogen-bond donors (Lipinski definition) is 1. The highest BCUT2D eigenvalue weighted by Gasteiger charge is 2.50. The molecule has 0 aromatic rings. The van der Waals surface area contributed by atoms with Gasteiger partial charge in [-0.3, -0.25) is 0 Å². The van der Waals surface area contributed by atoms with Crippen LogP contribution in [-0.4, -0.2) is 19.2 Å². The van der Waals surface area contributed by atoms with Gasteiger partial charge in [0, 0.05) is 6.04 Å². The summed E-state index contributed by atoms with van der Waals surface area (Å²) in [6, 6.07) is 0.607. The molecule has 2 heteroatoms. The fourth-order valence-electron chi connectivity index (χ4n) is 6.06. The molecule has 112 valence electrons. The van der Waals surface area contributed by atoms with Crippen LogP contribution in [0.2, 0.25) is 0 Å². The Morgan fingerprint density at radius 3 is 2.40 bits per heavy atom. The average Bonchev–Trinajstić information content (AvgIpc) is 2.46. The van der Waals surface area contributed by atoms with E-state index in [1.54, 1.807) is 12.0 Å². The van der Waals surface area contributed by atoms with Crippen LogP contribution in [0.15, 0.2) is 11.8 Å². The summed E-state index contributed by atoms with van der Waals surface area (Å²) in [5.74, 6) is 5.05. The van der Waals surface area contributed by atoms with Crippen molar-refractivity contribution in [3.63, 3.8) is 0 Å². The van der Waals surface area contributed by atoms with Crippen LogP contribution in [0.4, 0.5) is 0 Å². The predicted molar refractivity (Wildman–Crippen MR) is 81.3 cm³/mol. The van der Waals surface area contributed by atoms with Gasteiger partial charge in [0.2, 0.25) is 0 Å². The fourth-order valence-corrected chi connectivity index (χ4v) is 6.06. The highest BCUT2D eigenvalue weighted by Crippen LogP contribution is 2.58. The van der Waals surface area contributed by atoms with Crippen molar-refractivity contribution in [1.29, 1.82) is 0 Å². The topological polar surface area (TPSA) is 21.3 Å². The largest absolute Gasteiger partial charge is 0.501 e. The molecule has 4 aliphatic carbocycles. The zero-order chi connectivity index (χ0) is 13.5. The lowest BCUT2D eigenvalue weighted by molar-refractivity contribution is -0.0477. The van der Waals surface area contributed by atoms with Crippen LogP contribution >= 0.6 is 0 Å². The van der Waals surface area contributed by atoms with Gasteiger partial charge in [0.25, 0.3) is 0 Å². The molecular formula is C18H29NO. The Labute approximate surface area is 123 Å². The van der Waals surface area contributed by atoms with Crippen LogP contribution in [0, 0.1) is 29.6 Å². The van der Waals surface area contributed by atoms with Crippen LogP contribution in [0.1, 0.15) is 51.9 Å². The van der Waals surface area contributed by atoms with Crippen molar-refractivity contribution in [2.75, 3.05) is 13.2 Å². The fraction of sp³-hybridized carbons (Fsp3) is 0.889. The maximum atomic E-state index is 5.65. The van der Waals surface area contributed by atoms with E-state index in [0.717, 1.165) is 42.7 Å². The molecule has 4 bridgehead atoms. The van der Waals surface area contributed by atoms with E-state index < -0.39 is 0 Å². The van der Waals surface area contributed by atoms with Gasteiger partial charge < -0.3 is 10.1 Å². The van der Waals surface area contributed by atoms with Crippen molar-refractivity contribution in [2.24, 2.45) is 29.6 Å². The third-order valence-corrected chi connectivity index (χ3v) is 6.47.